The molecule has 0 saturated carbocycles. The van der Waals surface area contributed by atoms with Crippen molar-refractivity contribution in [2.75, 3.05) is 0 Å². The first-order chi connectivity index (χ1) is 9.29. The van der Waals surface area contributed by atoms with Crippen LogP contribution in [0.4, 0.5) is 8.78 Å². The highest BCUT2D eigenvalue weighted by atomic mass is 19.1. The summed E-state index contributed by atoms with van der Waals surface area (Å²) >= 11 is 0. The van der Waals surface area contributed by atoms with Crippen molar-refractivity contribution in [1.29, 1.82) is 0 Å². The molecule has 0 aliphatic carbocycles. The van der Waals surface area contributed by atoms with Gasteiger partial charge in [-0.2, -0.15) is 0 Å². The Labute approximate surface area is 118 Å². The molecule has 0 fully saturated rings. The minimum atomic E-state index is -0.614. The van der Waals surface area contributed by atoms with Gasteiger partial charge in [-0.15, -0.1) is 0 Å². The first kappa shape index (κ1) is 14.7. The average molecular weight is 275 g/mol. The Morgan fingerprint density at radius 1 is 0.950 bits per heavy atom. The topological polar surface area (TPSA) is 26.0 Å². The van der Waals surface area contributed by atoms with Gasteiger partial charge in [0.05, 0.1) is 6.04 Å². The molecular weight excluding hydrogens is 256 g/mol. The molecule has 2 rings (SSSR count). The lowest BCUT2D eigenvalue weighted by atomic mass is 9.86. The molecule has 1 atom stereocenters. The number of hydrogen-bond acceptors (Lipinski definition) is 1. The number of benzene rings is 2. The molecule has 2 N–H and O–H groups in total. The molecule has 0 aliphatic heterocycles. The highest BCUT2D eigenvalue weighted by molar-refractivity contribution is 5.35. The number of halogens is 2. The molecule has 0 aliphatic rings. The lowest BCUT2D eigenvalue weighted by Gasteiger charge is -2.20. The summed E-state index contributed by atoms with van der Waals surface area (Å²) in [7, 11) is 0. The van der Waals surface area contributed by atoms with Gasteiger partial charge in [0, 0.05) is 11.6 Å². The molecule has 0 aromatic heterocycles. The van der Waals surface area contributed by atoms with E-state index in [1.807, 2.05) is 24.3 Å². The van der Waals surface area contributed by atoms with Crippen LogP contribution in [0.5, 0.6) is 0 Å². The third-order valence-electron chi connectivity index (χ3n) is 3.43. The first-order valence-electron chi connectivity index (χ1n) is 6.60. The van der Waals surface area contributed by atoms with Crippen molar-refractivity contribution in [1.82, 2.24) is 0 Å². The minimum absolute atomic E-state index is 0.0593. The van der Waals surface area contributed by atoms with Crippen LogP contribution >= 0.6 is 0 Å². The van der Waals surface area contributed by atoms with Crippen molar-refractivity contribution in [2.24, 2.45) is 5.73 Å². The molecule has 0 amide bonds. The van der Waals surface area contributed by atoms with Crippen LogP contribution in [0.2, 0.25) is 0 Å². The second kappa shape index (κ2) is 5.33. The van der Waals surface area contributed by atoms with Crippen LogP contribution in [0.15, 0.2) is 42.5 Å². The second-order valence-electron chi connectivity index (χ2n) is 6.02. The van der Waals surface area contributed by atoms with Gasteiger partial charge in [-0.05, 0) is 22.6 Å². The normalized spacial score (nSPS) is 13.3. The van der Waals surface area contributed by atoms with E-state index in [9.17, 15) is 8.78 Å². The van der Waals surface area contributed by atoms with E-state index in [-0.39, 0.29) is 5.41 Å². The van der Waals surface area contributed by atoms with Gasteiger partial charge in [0.1, 0.15) is 11.6 Å². The Bertz CT molecular complexity index is 597. The van der Waals surface area contributed by atoms with Crippen LogP contribution in [0.25, 0.3) is 0 Å². The van der Waals surface area contributed by atoms with Crippen LogP contribution < -0.4 is 5.73 Å². The van der Waals surface area contributed by atoms with Crippen molar-refractivity contribution in [3.8, 4) is 0 Å². The number of nitrogens with two attached hydrogens (primary N) is 1. The van der Waals surface area contributed by atoms with Crippen molar-refractivity contribution < 1.29 is 8.78 Å². The van der Waals surface area contributed by atoms with Crippen LogP contribution in [0, 0.1) is 11.6 Å². The van der Waals surface area contributed by atoms with Crippen molar-refractivity contribution in [3.63, 3.8) is 0 Å². The van der Waals surface area contributed by atoms with E-state index in [1.54, 1.807) is 0 Å². The highest BCUT2D eigenvalue weighted by Gasteiger charge is 2.17. The van der Waals surface area contributed by atoms with Gasteiger partial charge in [-0.25, -0.2) is 8.78 Å². The molecule has 0 heterocycles. The van der Waals surface area contributed by atoms with Gasteiger partial charge in [-0.3, -0.25) is 0 Å². The van der Waals surface area contributed by atoms with Gasteiger partial charge in [-0.1, -0.05) is 51.1 Å². The zero-order valence-corrected chi connectivity index (χ0v) is 12.0. The molecule has 0 spiro atoms. The van der Waals surface area contributed by atoms with E-state index in [4.69, 9.17) is 5.73 Å². The van der Waals surface area contributed by atoms with Gasteiger partial charge in [0.25, 0.3) is 0 Å². The summed E-state index contributed by atoms with van der Waals surface area (Å²) in [5.41, 5.74) is 8.42. The lowest BCUT2D eigenvalue weighted by Crippen LogP contribution is -2.15. The summed E-state index contributed by atoms with van der Waals surface area (Å²) in [6.07, 6.45) is 0. The quantitative estimate of drug-likeness (QED) is 0.868. The molecule has 1 nitrogen and oxygen atoms in total. The Morgan fingerprint density at radius 3 is 2.05 bits per heavy atom. The minimum Gasteiger partial charge on any atom is -0.320 e. The molecule has 2 aromatic rings. The summed E-state index contributed by atoms with van der Waals surface area (Å²) in [5, 5.41) is 0. The van der Waals surface area contributed by atoms with Gasteiger partial charge >= 0.3 is 0 Å². The summed E-state index contributed by atoms with van der Waals surface area (Å²) in [4.78, 5) is 0. The zero-order valence-electron chi connectivity index (χ0n) is 12.0. The third kappa shape index (κ3) is 3.05. The van der Waals surface area contributed by atoms with E-state index >= 15 is 0 Å². The SMILES string of the molecule is CC(C)(C)c1ccc(C(N)c2ccc(F)cc2F)cc1. The second-order valence-corrected chi connectivity index (χ2v) is 6.02. The summed E-state index contributed by atoms with van der Waals surface area (Å²) in [5.74, 6) is -1.21. The van der Waals surface area contributed by atoms with Gasteiger partial charge in [0.15, 0.2) is 0 Å². The van der Waals surface area contributed by atoms with E-state index in [0.29, 0.717) is 5.56 Å². The fraction of sp³-hybridized carbons (Fsp3) is 0.294. The van der Waals surface area contributed by atoms with Crippen LogP contribution in [0.1, 0.15) is 43.5 Å². The Hall–Kier alpha value is -1.74. The van der Waals surface area contributed by atoms with E-state index in [2.05, 4.69) is 20.8 Å². The van der Waals surface area contributed by atoms with E-state index in [1.165, 1.54) is 17.7 Å². The highest BCUT2D eigenvalue weighted by Crippen LogP contribution is 2.26. The maximum atomic E-state index is 13.7. The largest absolute Gasteiger partial charge is 0.320 e. The Kier molecular flexibility index (Phi) is 3.91. The van der Waals surface area contributed by atoms with Crippen LogP contribution in [-0.2, 0) is 5.41 Å². The van der Waals surface area contributed by atoms with Crippen molar-refractivity contribution >= 4 is 0 Å². The molecule has 1 unspecified atom stereocenters. The first-order valence-corrected chi connectivity index (χ1v) is 6.60. The summed E-state index contributed by atoms with van der Waals surface area (Å²) in [6, 6.07) is 10.7. The third-order valence-corrected chi connectivity index (χ3v) is 3.43. The van der Waals surface area contributed by atoms with Crippen LogP contribution in [0.3, 0.4) is 0 Å². The number of rotatable bonds is 2. The summed E-state index contributed by atoms with van der Waals surface area (Å²) < 4.78 is 26.7. The fourth-order valence-corrected chi connectivity index (χ4v) is 2.12. The smallest absolute Gasteiger partial charge is 0.131 e. The maximum Gasteiger partial charge on any atom is 0.131 e. The predicted molar refractivity (Wildman–Crippen MR) is 77.5 cm³/mol. The monoisotopic (exact) mass is 275 g/mol. The molecule has 106 valence electrons. The lowest BCUT2D eigenvalue weighted by molar-refractivity contribution is 0.565. The van der Waals surface area contributed by atoms with Crippen molar-refractivity contribution in [2.45, 2.75) is 32.2 Å². The Morgan fingerprint density at radius 2 is 1.55 bits per heavy atom. The predicted octanol–water partition coefficient (Wildman–Crippen LogP) is 4.31. The molecule has 0 saturated heterocycles. The van der Waals surface area contributed by atoms with E-state index in [0.717, 1.165) is 11.6 Å². The summed E-state index contributed by atoms with van der Waals surface area (Å²) in [6.45, 7) is 6.38. The maximum absolute atomic E-state index is 13.7. The number of hydrogen-bond donors (Lipinski definition) is 1. The van der Waals surface area contributed by atoms with Crippen LogP contribution in [-0.4, -0.2) is 0 Å². The average Bonchev–Trinajstić information content (AvgIpc) is 2.37. The molecule has 2 aromatic carbocycles. The standard InChI is InChI=1S/C17H19F2N/c1-17(2,3)12-6-4-11(5-7-12)16(20)14-9-8-13(18)10-15(14)19/h4-10,16H,20H2,1-3H3. The molecule has 0 bridgehead atoms. The fourth-order valence-electron chi connectivity index (χ4n) is 2.12. The molecule has 3 heteroatoms. The molecule has 0 radical (unpaired) electrons. The molecular formula is C17H19F2N. The van der Waals surface area contributed by atoms with Gasteiger partial charge in [0.2, 0.25) is 0 Å². The van der Waals surface area contributed by atoms with Crippen molar-refractivity contribution in [3.05, 3.63) is 70.8 Å². The molecule has 20 heavy (non-hydrogen) atoms. The zero-order chi connectivity index (χ0) is 14.9. The van der Waals surface area contributed by atoms with Gasteiger partial charge < -0.3 is 5.73 Å². The van der Waals surface area contributed by atoms with E-state index < -0.39 is 17.7 Å². The Balaban J connectivity index is 2.31.